The van der Waals surface area contributed by atoms with Crippen molar-refractivity contribution in [3.8, 4) is 5.75 Å². The van der Waals surface area contributed by atoms with Gasteiger partial charge in [0.25, 0.3) is 5.91 Å². The Labute approximate surface area is 115 Å². The molecule has 0 aliphatic carbocycles. The number of benzene rings is 1. The van der Waals surface area contributed by atoms with Gasteiger partial charge in [0.2, 0.25) is 5.95 Å². The van der Waals surface area contributed by atoms with E-state index in [1.165, 1.54) is 11.8 Å². The zero-order chi connectivity index (χ0) is 14.0. The van der Waals surface area contributed by atoms with Crippen molar-refractivity contribution >= 4 is 23.5 Å². The second-order valence-electron chi connectivity index (χ2n) is 3.91. The van der Waals surface area contributed by atoms with E-state index in [1.54, 1.807) is 32.2 Å². The van der Waals surface area contributed by atoms with Gasteiger partial charge in [0.15, 0.2) is 0 Å². The van der Waals surface area contributed by atoms with Gasteiger partial charge in [-0.2, -0.15) is 10.1 Å². The first-order valence-electron chi connectivity index (χ1n) is 5.54. The Hall–Kier alpha value is -2.08. The molecule has 0 atom stereocenters. The van der Waals surface area contributed by atoms with Crippen molar-refractivity contribution < 1.29 is 9.53 Å². The average Bonchev–Trinajstić information content (AvgIpc) is 2.68. The molecule has 0 spiro atoms. The number of hydrogen-bond donors (Lipinski definition) is 1. The van der Waals surface area contributed by atoms with Gasteiger partial charge in [-0.3, -0.25) is 10.1 Å². The molecule has 0 saturated heterocycles. The Balaban J connectivity index is 2.23. The summed E-state index contributed by atoms with van der Waals surface area (Å²) in [4.78, 5) is 16.2. The highest BCUT2D eigenvalue weighted by Crippen LogP contribution is 2.25. The van der Waals surface area contributed by atoms with Crippen molar-refractivity contribution in [3.05, 3.63) is 34.6 Å². The number of hydrogen-bond acceptors (Lipinski definition) is 4. The fourth-order valence-corrected chi connectivity index (χ4v) is 1.79. The van der Waals surface area contributed by atoms with Gasteiger partial charge in [0, 0.05) is 12.6 Å². The van der Waals surface area contributed by atoms with Crippen molar-refractivity contribution in [2.45, 2.75) is 6.92 Å². The molecule has 1 aromatic carbocycles. The third kappa shape index (κ3) is 2.85. The van der Waals surface area contributed by atoms with E-state index in [0.29, 0.717) is 28.1 Å². The molecule has 6 nitrogen and oxygen atoms in total. The zero-order valence-corrected chi connectivity index (χ0v) is 11.5. The van der Waals surface area contributed by atoms with Crippen LogP contribution < -0.4 is 10.1 Å². The normalized spacial score (nSPS) is 10.3. The number of methoxy groups -OCH3 is 1. The molecular weight excluding hydrogens is 268 g/mol. The van der Waals surface area contributed by atoms with E-state index in [4.69, 9.17) is 16.3 Å². The highest BCUT2D eigenvalue weighted by molar-refractivity contribution is 6.32. The summed E-state index contributed by atoms with van der Waals surface area (Å²) in [6, 6.07) is 4.79. The van der Waals surface area contributed by atoms with E-state index in [-0.39, 0.29) is 5.91 Å². The molecule has 1 amide bonds. The third-order valence-corrected chi connectivity index (χ3v) is 2.82. The molecule has 0 bridgehead atoms. The predicted molar refractivity (Wildman–Crippen MR) is 71.7 cm³/mol. The molecule has 0 radical (unpaired) electrons. The molecule has 7 heteroatoms. The van der Waals surface area contributed by atoms with Crippen molar-refractivity contribution in [2.75, 3.05) is 12.4 Å². The number of nitrogens with zero attached hydrogens (tertiary/aromatic N) is 3. The van der Waals surface area contributed by atoms with Crippen LogP contribution in [-0.4, -0.2) is 27.8 Å². The summed E-state index contributed by atoms with van der Waals surface area (Å²) < 4.78 is 6.57. The van der Waals surface area contributed by atoms with Crippen molar-refractivity contribution in [1.29, 1.82) is 0 Å². The fourth-order valence-electron chi connectivity index (χ4n) is 1.60. The summed E-state index contributed by atoms with van der Waals surface area (Å²) in [6.07, 6.45) is 0. The van der Waals surface area contributed by atoms with Crippen LogP contribution in [0.3, 0.4) is 0 Å². The molecule has 19 heavy (non-hydrogen) atoms. The Morgan fingerprint density at radius 1 is 1.47 bits per heavy atom. The third-order valence-electron chi connectivity index (χ3n) is 2.51. The summed E-state index contributed by atoms with van der Waals surface area (Å²) in [5.41, 5.74) is 0.432. The van der Waals surface area contributed by atoms with Crippen LogP contribution in [0.15, 0.2) is 18.2 Å². The maximum atomic E-state index is 12.1. The number of carbonyl (C=O) groups is 1. The molecule has 0 aliphatic rings. The summed E-state index contributed by atoms with van der Waals surface area (Å²) in [6.45, 7) is 1.75. The second-order valence-corrected chi connectivity index (χ2v) is 4.32. The molecule has 2 rings (SSSR count). The lowest BCUT2D eigenvalue weighted by atomic mass is 10.2. The number of carbonyl (C=O) groups excluding carboxylic acids is 1. The van der Waals surface area contributed by atoms with Crippen molar-refractivity contribution in [2.24, 2.45) is 7.05 Å². The fraction of sp³-hybridized carbons (Fsp3) is 0.250. The largest absolute Gasteiger partial charge is 0.495 e. The lowest BCUT2D eigenvalue weighted by Gasteiger charge is -2.07. The quantitative estimate of drug-likeness (QED) is 0.934. The van der Waals surface area contributed by atoms with Gasteiger partial charge in [-0.15, -0.1) is 0 Å². The molecule has 0 saturated carbocycles. The van der Waals surface area contributed by atoms with Gasteiger partial charge >= 0.3 is 0 Å². The SMILES string of the molecule is COc1cc(C(=O)Nc2nc(C)nn2C)ccc1Cl. The van der Waals surface area contributed by atoms with Crippen LogP contribution in [0, 0.1) is 6.92 Å². The van der Waals surface area contributed by atoms with Gasteiger partial charge in [0.05, 0.1) is 12.1 Å². The van der Waals surface area contributed by atoms with E-state index >= 15 is 0 Å². The summed E-state index contributed by atoms with van der Waals surface area (Å²) in [5, 5.41) is 7.17. The second kappa shape index (κ2) is 5.27. The Bertz CT molecular complexity index is 624. The Morgan fingerprint density at radius 3 is 2.79 bits per heavy atom. The first-order valence-corrected chi connectivity index (χ1v) is 5.91. The van der Waals surface area contributed by atoms with Gasteiger partial charge < -0.3 is 4.74 Å². The first kappa shape index (κ1) is 13.4. The van der Waals surface area contributed by atoms with Crippen molar-refractivity contribution in [3.63, 3.8) is 0 Å². The maximum Gasteiger partial charge on any atom is 0.258 e. The minimum absolute atomic E-state index is 0.300. The van der Waals surface area contributed by atoms with E-state index in [0.717, 1.165) is 0 Å². The molecule has 0 aliphatic heterocycles. The molecule has 1 N–H and O–H groups in total. The minimum Gasteiger partial charge on any atom is -0.495 e. The smallest absolute Gasteiger partial charge is 0.258 e. The average molecular weight is 281 g/mol. The summed E-state index contributed by atoms with van der Waals surface area (Å²) >= 11 is 5.91. The number of halogens is 1. The number of amides is 1. The Kier molecular flexibility index (Phi) is 3.71. The maximum absolute atomic E-state index is 12.1. The molecule has 0 fully saturated rings. The van der Waals surface area contributed by atoms with Crippen molar-refractivity contribution in [1.82, 2.24) is 14.8 Å². The number of aromatic nitrogens is 3. The van der Waals surface area contributed by atoms with Crippen LogP contribution in [0.2, 0.25) is 5.02 Å². The number of aryl methyl sites for hydroxylation is 2. The summed E-state index contributed by atoms with van der Waals surface area (Å²) in [5.74, 6) is 1.12. The van der Waals surface area contributed by atoms with Gasteiger partial charge in [-0.25, -0.2) is 4.68 Å². The molecule has 0 unspecified atom stereocenters. The number of ether oxygens (including phenoxy) is 1. The van der Waals surface area contributed by atoms with Crippen LogP contribution >= 0.6 is 11.6 Å². The topological polar surface area (TPSA) is 69.0 Å². The zero-order valence-electron chi connectivity index (χ0n) is 10.8. The lowest BCUT2D eigenvalue weighted by molar-refractivity contribution is 0.102. The number of nitrogens with one attached hydrogen (secondary N) is 1. The Morgan fingerprint density at radius 2 is 2.21 bits per heavy atom. The molecular formula is C12H13ClN4O2. The monoisotopic (exact) mass is 280 g/mol. The van der Waals surface area contributed by atoms with Crippen LogP contribution in [0.5, 0.6) is 5.75 Å². The van der Waals surface area contributed by atoms with Crippen LogP contribution in [-0.2, 0) is 7.05 Å². The highest BCUT2D eigenvalue weighted by Gasteiger charge is 2.12. The molecule has 2 aromatic rings. The van der Waals surface area contributed by atoms with Crippen LogP contribution in [0.4, 0.5) is 5.95 Å². The predicted octanol–water partition coefficient (Wildman–Crippen LogP) is 2.04. The van der Waals surface area contributed by atoms with E-state index in [2.05, 4.69) is 15.4 Å². The number of rotatable bonds is 3. The minimum atomic E-state index is -0.300. The van der Waals surface area contributed by atoms with Gasteiger partial charge in [-0.1, -0.05) is 11.6 Å². The van der Waals surface area contributed by atoms with E-state index in [9.17, 15) is 4.79 Å². The number of anilines is 1. The molecule has 100 valence electrons. The molecule has 1 aromatic heterocycles. The van der Waals surface area contributed by atoms with E-state index < -0.39 is 0 Å². The van der Waals surface area contributed by atoms with Gasteiger partial charge in [0.1, 0.15) is 11.6 Å². The standard InChI is InChI=1S/C12H13ClN4O2/c1-7-14-12(17(2)16-7)15-11(18)8-4-5-9(13)10(6-8)19-3/h4-6H,1-3H3,(H,14,15,16,18). The van der Waals surface area contributed by atoms with Gasteiger partial charge in [-0.05, 0) is 25.1 Å². The lowest BCUT2D eigenvalue weighted by Crippen LogP contribution is -2.15. The van der Waals surface area contributed by atoms with Crippen LogP contribution in [0.25, 0.3) is 0 Å². The van der Waals surface area contributed by atoms with E-state index in [1.807, 2.05) is 0 Å². The van der Waals surface area contributed by atoms with Crippen LogP contribution in [0.1, 0.15) is 16.2 Å². The first-order chi connectivity index (χ1) is 9.01. The summed E-state index contributed by atoms with van der Waals surface area (Å²) in [7, 11) is 3.20. The highest BCUT2D eigenvalue weighted by atomic mass is 35.5. The molecule has 1 heterocycles.